The van der Waals surface area contributed by atoms with E-state index in [1.54, 1.807) is 36.5 Å². The van der Waals surface area contributed by atoms with Crippen molar-refractivity contribution < 1.29 is 9.59 Å². The van der Waals surface area contributed by atoms with Crippen molar-refractivity contribution in [2.45, 2.75) is 19.4 Å². The first-order valence-corrected chi connectivity index (χ1v) is 9.11. The van der Waals surface area contributed by atoms with Crippen molar-refractivity contribution in [3.63, 3.8) is 0 Å². The molecule has 0 aliphatic carbocycles. The van der Waals surface area contributed by atoms with E-state index in [1.807, 2.05) is 36.1 Å². The summed E-state index contributed by atoms with van der Waals surface area (Å²) in [7, 11) is 3.77. The van der Waals surface area contributed by atoms with Crippen LogP contribution in [0.1, 0.15) is 23.1 Å². The van der Waals surface area contributed by atoms with Crippen molar-refractivity contribution in [2.24, 2.45) is 7.05 Å². The topological polar surface area (TPSA) is 80.1 Å². The number of fused-ring (bicyclic) bond motifs is 2. The van der Waals surface area contributed by atoms with Crippen molar-refractivity contribution in [2.75, 3.05) is 12.4 Å². The van der Waals surface area contributed by atoms with E-state index in [2.05, 4.69) is 15.3 Å². The van der Waals surface area contributed by atoms with Gasteiger partial charge in [0.2, 0.25) is 11.8 Å². The first-order valence-electron chi connectivity index (χ1n) is 9.11. The van der Waals surface area contributed by atoms with Crippen LogP contribution in [0.25, 0.3) is 17.0 Å². The molecule has 0 saturated heterocycles. The quantitative estimate of drug-likeness (QED) is 0.711. The number of aryl methyl sites for hydroxylation is 2. The first-order chi connectivity index (χ1) is 13.5. The predicted molar refractivity (Wildman–Crippen MR) is 107 cm³/mol. The van der Waals surface area contributed by atoms with E-state index in [0.29, 0.717) is 25.2 Å². The number of hydrogen-bond donors (Lipinski definition) is 1. The normalized spacial score (nSPS) is 13.6. The van der Waals surface area contributed by atoms with Gasteiger partial charge in [-0.3, -0.25) is 14.6 Å². The van der Waals surface area contributed by atoms with Crippen LogP contribution in [0.3, 0.4) is 0 Å². The fourth-order valence-corrected chi connectivity index (χ4v) is 3.43. The third-order valence-electron chi connectivity index (χ3n) is 4.94. The summed E-state index contributed by atoms with van der Waals surface area (Å²) in [6, 6.07) is 3.92. The summed E-state index contributed by atoms with van der Waals surface area (Å²) in [6.07, 6.45) is 11.7. The molecule has 0 saturated carbocycles. The Kier molecular flexibility index (Phi) is 4.65. The lowest BCUT2D eigenvalue weighted by Crippen LogP contribution is -2.24. The van der Waals surface area contributed by atoms with Gasteiger partial charge in [0, 0.05) is 63.3 Å². The summed E-state index contributed by atoms with van der Waals surface area (Å²) in [5.41, 5.74) is 3.98. The number of anilines is 1. The van der Waals surface area contributed by atoms with Gasteiger partial charge in [-0.1, -0.05) is 0 Å². The SMILES string of the molecule is CN(Cc1cn(C)c2ccncc12)C(=O)C=Cc1cnc2c(c1)CCC(=O)N2. The lowest BCUT2D eigenvalue weighted by atomic mass is 10.0. The van der Waals surface area contributed by atoms with E-state index in [4.69, 9.17) is 0 Å². The van der Waals surface area contributed by atoms with Crippen LogP contribution in [0.2, 0.25) is 0 Å². The molecule has 0 atom stereocenters. The zero-order valence-corrected chi connectivity index (χ0v) is 15.8. The fourth-order valence-electron chi connectivity index (χ4n) is 3.43. The van der Waals surface area contributed by atoms with Gasteiger partial charge in [0.25, 0.3) is 0 Å². The number of pyridine rings is 2. The van der Waals surface area contributed by atoms with E-state index in [9.17, 15) is 9.59 Å². The summed E-state index contributed by atoms with van der Waals surface area (Å²) in [6.45, 7) is 0.501. The molecule has 0 fully saturated rings. The number of carbonyl (C=O) groups excluding carboxylic acids is 2. The molecule has 1 N–H and O–H groups in total. The molecular weight excluding hydrogens is 354 g/mol. The Hall–Kier alpha value is -3.48. The van der Waals surface area contributed by atoms with Gasteiger partial charge in [-0.25, -0.2) is 4.98 Å². The van der Waals surface area contributed by atoms with E-state index in [-0.39, 0.29) is 11.8 Å². The molecular formula is C21H21N5O2. The Balaban J connectivity index is 1.46. The maximum absolute atomic E-state index is 12.5. The number of aromatic nitrogens is 3. The van der Waals surface area contributed by atoms with E-state index >= 15 is 0 Å². The van der Waals surface area contributed by atoms with Gasteiger partial charge < -0.3 is 14.8 Å². The number of likely N-dealkylation sites (N-methyl/N-ethyl adjacent to an activating group) is 1. The number of carbonyl (C=O) groups is 2. The van der Waals surface area contributed by atoms with Crippen LogP contribution in [0.5, 0.6) is 0 Å². The second-order valence-electron chi connectivity index (χ2n) is 7.01. The zero-order chi connectivity index (χ0) is 19.7. The Morgan fingerprint density at radius 2 is 2.21 bits per heavy atom. The van der Waals surface area contributed by atoms with Crippen LogP contribution in [-0.4, -0.2) is 38.3 Å². The molecule has 1 aliphatic rings. The minimum atomic E-state index is -0.0908. The van der Waals surface area contributed by atoms with Gasteiger partial charge in [-0.05, 0) is 41.3 Å². The average molecular weight is 375 g/mol. The van der Waals surface area contributed by atoms with Crippen molar-refractivity contribution in [3.8, 4) is 0 Å². The summed E-state index contributed by atoms with van der Waals surface area (Å²) in [5.74, 6) is 0.511. The van der Waals surface area contributed by atoms with Gasteiger partial charge in [0.1, 0.15) is 5.82 Å². The molecule has 0 unspecified atom stereocenters. The lowest BCUT2D eigenvalue weighted by Gasteiger charge is -2.16. The van der Waals surface area contributed by atoms with E-state index < -0.39 is 0 Å². The standard InChI is InChI=1S/C21H21N5O2/c1-25-12-16(17-11-22-8-7-18(17)25)13-26(2)20(28)6-3-14-9-15-4-5-19(27)24-21(15)23-10-14/h3,6-12H,4-5,13H2,1-2H3,(H,23,24,27). The number of hydrogen-bond acceptors (Lipinski definition) is 4. The second-order valence-corrected chi connectivity index (χ2v) is 7.01. The predicted octanol–water partition coefficient (Wildman–Crippen LogP) is 2.52. The Labute approximate surface area is 162 Å². The molecule has 0 radical (unpaired) electrons. The van der Waals surface area contributed by atoms with Gasteiger partial charge in [0.05, 0.1) is 5.52 Å². The molecule has 3 aromatic heterocycles. The third kappa shape index (κ3) is 3.51. The molecule has 7 nitrogen and oxygen atoms in total. The minimum Gasteiger partial charge on any atom is -0.350 e. The Morgan fingerprint density at radius 3 is 3.07 bits per heavy atom. The monoisotopic (exact) mass is 375 g/mol. The zero-order valence-electron chi connectivity index (χ0n) is 15.8. The molecule has 28 heavy (non-hydrogen) atoms. The first kappa shape index (κ1) is 17.9. The van der Waals surface area contributed by atoms with Crippen LogP contribution >= 0.6 is 0 Å². The maximum atomic E-state index is 12.5. The van der Waals surface area contributed by atoms with Crippen LogP contribution < -0.4 is 5.32 Å². The molecule has 0 bridgehead atoms. The maximum Gasteiger partial charge on any atom is 0.246 e. The van der Waals surface area contributed by atoms with Gasteiger partial charge in [0.15, 0.2) is 0 Å². The van der Waals surface area contributed by atoms with Gasteiger partial charge in [-0.15, -0.1) is 0 Å². The molecule has 1 aliphatic heterocycles. The molecule has 0 spiro atoms. The van der Waals surface area contributed by atoms with Crippen LogP contribution in [-0.2, 0) is 29.6 Å². The molecule has 0 aromatic carbocycles. The van der Waals surface area contributed by atoms with Crippen molar-refractivity contribution >= 4 is 34.6 Å². The van der Waals surface area contributed by atoms with Gasteiger partial charge >= 0.3 is 0 Å². The summed E-state index contributed by atoms with van der Waals surface area (Å²) in [4.78, 5) is 34.1. The van der Waals surface area contributed by atoms with E-state index in [0.717, 1.165) is 27.6 Å². The smallest absolute Gasteiger partial charge is 0.246 e. The van der Waals surface area contributed by atoms with Crippen molar-refractivity contribution in [3.05, 3.63) is 59.7 Å². The number of amides is 2. The summed E-state index contributed by atoms with van der Waals surface area (Å²) >= 11 is 0. The lowest BCUT2D eigenvalue weighted by molar-refractivity contribution is -0.125. The fraction of sp³-hybridized carbons (Fsp3) is 0.238. The molecule has 4 heterocycles. The third-order valence-corrected chi connectivity index (χ3v) is 4.94. The highest BCUT2D eigenvalue weighted by Crippen LogP contribution is 2.22. The summed E-state index contributed by atoms with van der Waals surface area (Å²) in [5, 5.41) is 3.81. The number of nitrogens with zero attached hydrogens (tertiary/aromatic N) is 4. The average Bonchev–Trinajstić information content (AvgIpc) is 3.01. The van der Waals surface area contributed by atoms with E-state index in [1.165, 1.54) is 0 Å². The highest BCUT2D eigenvalue weighted by molar-refractivity contribution is 5.94. The second kappa shape index (κ2) is 7.26. The number of rotatable bonds is 4. The van der Waals surface area contributed by atoms with Crippen molar-refractivity contribution in [1.29, 1.82) is 0 Å². The highest BCUT2D eigenvalue weighted by atomic mass is 16.2. The van der Waals surface area contributed by atoms with Crippen LogP contribution in [0.15, 0.2) is 43.0 Å². The largest absolute Gasteiger partial charge is 0.350 e. The molecule has 7 heteroatoms. The Bertz CT molecular complexity index is 1100. The highest BCUT2D eigenvalue weighted by Gasteiger charge is 2.16. The molecule has 142 valence electrons. The number of nitrogens with one attached hydrogen (secondary N) is 1. The minimum absolute atomic E-state index is 0.0104. The summed E-state index contributed by atoms with van der Waals surface area (Å²) < 4.78 is 2.04. The van der Waals surface area contributed by atoms with Gasteiger partial charge in [-0.2, -0.15) is 0 Å². The molecule has 3 aromatic rings. The van der Waals surface area contributed by atoms with Crippen LogP contribution in [0, 0.1) is 0 Å². The van der Waals surface area contributed by atoms with Crippen molar-refractivity contribution in [1.82, 2.24) is 19.4 Å². The van der Waals surface area contributed by atoms with Crippen LogP contribution in [0.4, 0.5) is 5.82 Å². The molecule has 2 amide bonds. The Morgan fingerprint density at radius 1 is 1.36 bits per heavy atom. The molecule has 4 rings (SSSR count).